The molecular formula is C18H20FN3O4. The first-order chi connectivity index (χ1) is 12.4. The molecular weight excluding hydrogens is 341 g/mol. The maximum Gasteiger partial charge on any atom is 0.274 e. The first-order valence-corrected chi connectivity index (χ1v) is 8.12. The Morgan fingerprint density at radius 3 is 2.35 bits per heavy atom. The Labute approximate surface area is 150 Å². The van der Waals surface area contributed by atoms with Gasteiger partial charge in [-0.2, -0.15) is 0 Å². The molecule has 0 spiro atoms. The van der Waals surface area contributed by atoms with E-state index in [2.05, 4.69) is 10.3 Å². The number of pyridine rings is 1. The molecule has 1 heterocycles. The molecule has 3 N–H and O–H groups in total. The van der Waals surface area contributed by atoms with Crippen LogP contribution in [0.5, 0.6) is 11.5 Å². The van der Waals surface area contributed by atoms with Gasteiger partial charge in [0.15, 0.2) is 17.2 Å². The van der Waals surface area contributed by atoms with E-state index < -0.39 is 34.8 Å². The topological polar surface area (TPSA) is 103 Å². The fourth-order valence-corrected chi connectivity index (χ4v) is 2.33. The zero-order valence-corrected chi connectivity index (χ0v) is 14.5. The summed E-state index contributed by atoms with van der Waals surface area (Å²) in [6, 6.07) is 6.53. The first-order valence-electron chi connectivity index (χ1n) is 8.12. The number of hydrogen-bond donors (Lipinski definition) is 3. The molecule has 0 aliphatic carbocycles. The molecule has 0 aliphatic rings. The van der Waals surface area contributed by atoms with Gasteiger partial charge in [0.2, 0.25) is 0 Å². The number of carbonyl (C=O) groups is 2. The molecule has 2 aromatic rings. The summed E-state index contributed by atoms with van der Waals surface area (Å²) in [7, 11) is 0. The third-order valence-corrected chi connectivity index (χ3v) is 3.82. The summed E-state index contributed by atoms with van der Waals surface area (Å²) in [6.07, 6.45) is 0. The maximum absolute atomic E-state index is 12.9. The van der Waals surface area contributed by atoms with Crippen molar-refractivity contribution in [3.63, 3.8) is 0 Å². The van der Waals surface area contributed by atoms with Crippen molar-refractivity contribution in [1.29, 1.82) is 0 Å². The maximum atomic E-state index is 12.9. The molecule has 0 saturated carbocycles. The van der Waals surface area contributed by atoms with Crippen molar-refractivity contribution in [2.45, 2.75) is 20.4 Å². The fraction of sp³-hybridized carbons (Fsp3) is 0.278. The van der Waals surface area contributed by atoms with Gasteiger partial charge in [-0.15, -0.1) is 0 Å². The SMILES string of the molecule is CCN(CC)C(=O)c1cc(O)c(O)c(C(=O)NCc2ccc(F)cc2)n1. The van der Waals surface area contributed by atoms with Crippen LogP contribution in [-0.2, 0) is 6.54 Å². The molecule has 0 fully saturated rings. The minimum atomic E-state index is -0.767. The highest BCUT2D eigenvalue weighted by Crippen LogP contribution is 2.28. The molecule has 7 nitrogen and oxygen atoms in total. The Hall–Kier alpha value is -3.16. The molecule has 26 heavy (non-hydrogen) atoms. The number of aromatic hydroxyl groups is 2. The van der Waals surface area contributed by atoms with Gasteiger partial charge >= 0.3 is 0 Å². The second-order valence-corrected chi connectivity index (χ2v) is 5.51. The number of nitrogens with zero attached hydrogens (tertiary/aromatic N) is 2. The lowest BCUT2D eigenvalue weighted by Gasteiger charge is -2.18. The zero-order chi connectivity index (χ0) is 19.3. The minimum absolute atomic E-state index is 0.0647. The highest BCUT2D eigenvalue weighted by atomic mass is 19.1. The minimum Gasteiger partial charge on any atom is -0.504 e. The number of halogens is 1. The van der Waals surface area contributed by atoms with Crippen LogP contribution in [0, 0.1) is 5.82 Å². The molecule has 0 aliphatic heterocycles. The summed E-state index contributed by atoms with van der Waals surface area (Å²) in [5, 5.41) is 22.3. The van der Waals surface area contributed by atoms with Crippen molar-refractivity contribution in [1.82, 2.24) is 15.2 Å². The molecule has 0 atom stereocenters. The van der Waals surface area contributed by atoms with Gasteiger partial charge in [0.1, 0.15) is 11.5 Å². The van der Waals surface area contributed by atoms with Gasteiger partial charge < -0.3 is 20.4 Å². The number of hydrogen-bond acceptors (Lipinski definition) is 5. The van der Waals surface area contributed by atoms with E-state index in [1.54, 1.807) is 13.8 Å². The van der Waals surface area contributed by atoms with Gasteiger partial charge in [0.05, 0.1) is 0 Å². The Morgan fingerprint density at radius 2 is 1.77 bits per heavy atom. The third kappa shape index (κ3) is 4.27. The Morgan fingerprint density at radius 1 is 1.15 bits per heavy atom. The number of benzene rings is 1. The summed E-state index contributed by atoms with van der Waals surface area (Å²) >= 11 is 0. The summed E-state index contributed by atoms with van der Waals surface area (Å²) < 4.78 is 12.9. The summed E-state index contributed by atoms with van der Waals surface area (Å²) in [4.78, 5) is 30.0. The highest BCUT2D eigenvalue weighted by Gasteiger charge is 2.22. The lowest BCUT2D eigenvalue weighted by molar-refractivity contribution is 0.0766. The molecule has 1 aromatic heterocycles. The first kappa shape index (κ1) is 19.2. The van der Waals surface area contributed by atoms with E-state index >= 15 is 0 Å². The average Bonchev–Trinajstić information content (AvgIpc) is 2.64. The molecule has 8 heteroatoms. The van der Waals surface area contributed by atoms with Crippen molar-refractivity contribution in [2.24, 2.45) is 0 Å². The van der Waals surface area contributed by atoms with E-state index in [1.165, 1.54) is 29.2 Å². The average molecular weight is 361 g/mol. The summed E-state index contributed by atoms with van der Waals surface area (Å²) in [5.41, 5.74) is 0.0392. The van der Waals surface area contributed by atoms with Crippen LogP contribution in [0.2, 0.25) is 0 Å². The Kier molecular flexibility index (Phi) is 6.11. The van der Waals surface area contributed by atoms with Crippen LogP contribution >= 0.6 is 0 Å². The highest BCUT2D eigenvalue weighted by molar-refractivity contribution is 5.99. The molecule has 0 radical (unpaired) electrons. The van der Waals surface area contributed by atoms with Gasteiger partial charge in [0, 0.05) is 25.7 Å². The van der Waals surface area contributed by atoms with Gasteiger partial charge in [-0.3, -0.25) is 9.59 Å². The number of aromatic nitrogens is 1. The fourth-order valence-electron chi connectivity index (χ4n) is 2.33. The van der Waals surface area contributed by atoms with Gasteiger partial charge in [-0.05, 0) is 31.5 Å². The van der Waals surface area contributed by atoms with Crippen LogP contribution in [-0.4, -0.2) is 45.0 Å². The van der Waals surface area contributed by atoms with Crippen molar-refractivity contribution in [2.75, 3.05) is 13.1 Å². The molecule has 0 bridgehead atoms. The number of amides is 2. The molecule has 2 rings (SSSR count). The zero-order valence-electron chi connectivity index (χ0n) is 14.5. The molecule has 0 unspecified atom stereocenters. The monoisotopic (exact) mass is 361 g/mol. The van der Waals surface area contributed by atoms with E-state index in [4.69, 9.17) is 0 Å². The van der Waals surface area contributed by atoms with E-state index in [0.717, 1.165) is 6.07 Å². The predicted octanol–water partition coefficient (Wildman–Crippen LogP) is 2.04. The normalized spacial score (nSPS) is 10.4. The molecule has 0 saturated heterocycles. The Balaban J connectivity index is 2.22. The predicted molar refractivity (Wildman–Crippen MR) is 92.4 cm³/mol. The van der Waals surface area contributed by atoms with E-state index in [0.29, 0.717) is 18.7 Å². The van der Waals surface area contributed by atoms with Crippen molar-refractivity contribution < 1.29 is 24.2 Å². The van der Waals surface area contributed by atoms with Gasteiger partial charge in [0.25, 0.3) is 11.8 Å². The van der Waals surface area contributed by atoms with Crippen LogP contribution in [0.25, 0.3) is 0 Å². The summed E-state index contributed by atoms with van der Waals surface area (Å²) in [6.45, 7) is 4.51. The molecule has 2 amide bonds. The summed E-state index contributed by atoms with van der Waals surface area (Å²) in [5.74, 6) is -2.94. The second-order valence-electron chi connectivity index (χ2n) is 5.51. The van der Waals surface area contributed by atoms with Crippen LogP contribution < -0.4 is 5.32 Å². The van der Waals surface area contributed by atoms with Crippen LogP contribution in [0.4, 0.5) is 4.39 Å². The van der Waals surface area contributed by atoms with Crippen LogP contribution in [0.15, 0.2) is 30.3 Å². The second kappa shape index (κ2) is 8.28. The van der Waals surface area contributed by atoms with Crippen LogP contribution in [0.3, 0.4) is 0 Å². The Bertz CT molecular complexity index is 805. The number of carbonyl (C=O) groups excluding carboxylic acids is 2. The quantitative estimate of drug-likeness (QED) is 0.731. The lowest BCUT2D eigenvalue weighted by Crippen LogP contribution is -2.32. The largest absolute Gasteiger partial charge is 0.504 e. The van der Waals surface area contributed by atoms with Crippen molar-refractivity contribution in [3.8, 4) is 11.5 Å². The van der Waals surface area contributed by atoms with E-state index in [9.17, 15) is 24.2 Å². The van der Waals surface area contributed by atoms with Gasteiger partial charge in [-0.25, -0.2) is 9.37 Å². The molecule has 1 aromatic carbocycles. The van der Waals surface area contributed by atoms with Gasteiger partial charge in [-0.1, -0.05) is 12.1 Å². The van der Waals surface area contributed by atoms with Crippen molar-refractivity contribution >= 4 is 11.8 Å². The van der Waals surface area contributed by atoms with E-state index in [1.807, 2.05) is 0 Å². The van der Waals surface area contributed by atoms with E-state index in [-0.39, 0.29) is 12.2 Å². The van der Waals surface area contributed by atoms with Crippen LogP contribution in [0.1, 0.15) is 40.4 Å². The number of nitrogens with one attached hydrogen (secondary N) is 1. The standard InChI is InChI=1S/C18H20FN3O4/c1-3-22(4-2)18(26)13-9-14(23)16(24)15(21-13)17(25)20-10-11-5-7-12(19)8-6-11/h5-9,24H,3-4,10H2,1-2H3,(H,20,25)(H,21,23). The lowest BCUT2D eigenvalue weighted by atomic mass is 10.2. The third-order valence-electron chi connectivity index (χ3n) is 3.82. The smallest absolute Gasteiger partial charge is 0.274 e. The number of rotatable bonds is 6. The van der Waals surface area contributed by atoms with Crippen molar-refractivity contribution in [3.05, 3.63) is 53.1 Å². The molecule has 138 valence electrons.